The Hall–Kier alpha value is -2.75. The largest absolute Gasteiger partial charge is 0.334 e. The summed E-state index contributed by atoms with van der Waals surface area (Å²) in [4.78, 5) is 12.2. The molecule has 30 heavy (non-hydrogen) atoms. The molecule has 3 rings (SSSR count). The van der Waals surface area contributed by atoms with E-state index in [4.69, 9.17) is 29.0 Å². The van der Waals surface area contributed by atoms with Crippen LogP contribution < -0.4 is 16.6 Å². The Morgan fingerprint density at radius 2 is 2.00 bits per heavy atom. The number of nitrogens with two attached hydrogens (primary N) is 1. The van der Waals surface area contributed by atoms with E-state index in [9.17, 15) is 4.79 Å². The van der Waals surface area contributed by atoms with Crippen molar-refractivity contribution < 1.29 is 4.79 Å². The van der Waals surface area contributed by atoms with E-state index < -0.39 is 0 Å². The third kappa shape index (κ3) is 5.65. The van der Waals surface area contributed by atoms with E-state index in [-0.39, 0.29) is 17.6 Å². The molecule has 0 atom stereocenters. The van der Waals surface area contributed by atoms with Crippen molar-refractivity contribution in [3.63, 3.8) is 0 Å². The molecule has 0 saturated carbocycles. The second-order valence-electron chi connectivity index (χ2n) is 6.35. The number of aromatic nitrogens is 3. The molecule has 8 nitrogen and oxygen atoms in total. The van der Waals surface area contributed by atoms with Crippen LogP contribution in [-0.2, 0) is 4.79 Å². The number of carbonyl (C=O) groups is 1. The standard InChI is InChI=1S/C19H19Cl2N7OS/c1-11-3-6-15(7-12(11)2)24-17(29)10-30-19-27-26-18(28(19)22)25-23-9-13-4-5-14(20)8-16(13)21/h3-9H,10,22H2,1-2H3,(H,24,29)(H,25,26)/b23-9+. The van der Waals surface area contributed by atoms with E-state index in [0.29, 0.717) is 20.8 Å². The van der Waals surface area contributed by atoms with E-state index in [1.54, 1.807) is 18.2 Å². The predicted octanol–water partition coefficient (Wildman–Crippen LogP) is 4.09. The number of nitrogen functional groups attached to an aromatic ring is 1. The molecule has 0 aliphatic rings. The Morgan fingerprint density at radius 3 is 2.73 bits per heavy atom. The van der Waals surface area contributed by atoms with Crippen LogP contribution in [0.15, 0.2) is 46.7 Å². The van der Waals surface area contributed by atoms with Gasteiger partial charge in [0.1, 0.15) is 0 Å². The topological polar surface area (TPSA) is 110 Å². The molecule has 3 aromatic rings. The molecule has 0 saturated heterocycles. The summed E-state index contributed by atoms with van der Waals surface area (Å²) in [7, 11) is 0. The molecule has 11 heteroatoms. The van der Waals surface area contributed by atoms with Crippen LogP contribution in [0.1, 0.15) is 16.7 Å². The molecule has 0 bridgehead atoms. The highest BCUT2D eigenvalue weighted by Gasteiger charge is 2.12. The number of benzene rings is 2. The summed E-state index contributed by atoms with van der Waals surface area (Å²) in [6.45, 7) is 4.01. The molecule has 4 N–H and O–H groups in total. The molecule has 0 aliphatic carbocycles. The van der Waals surface area contributed by atoms with Crippen LogP contribution in [-0.4, -0.2) is 32.7 Å². The third-order valence-electron chi connectivity index (χ3n) is 4.12. The zero-order valence-electron chi connectivity index (χ0n) is 16.2. The molecule has 0 fully saturated rings. The van der Waals surface area contributed by atoms with Crippen molar-refractivity contribution in [1.29, 1.82) is 0 Å². The van der Waals surface area contributed by atoms with E-state index in [0.717, 1.165) is 23.0 Å². The second kappa shape index (κ2) is 9.84. The molecule has 1 aromatic heterocycles. The van der Waals surface area contributed by atoms with Crippen LogP contribution in [0.3, 0.4) is 0 Å². The molecule has 0 spiro atoms. The molecule has 0 unspecified atom stereocenters. The summed E-state index contributed by atoms with van der Waals surface area (Å²) >= 11 is 13.1. The minimum Gasteiger partial charge on any atom is -0.334 e. The highest BCUT2D eigenvalue weighted by molar-refractivity contribution is 7.99. The highest BCUT2D eigenvalue weighted by Crippen LogP contribution is 2.20. The van der Waals surface area contributed by atoms with Crippen LogP contribution in [0.5, 0.6) is 0 Å². The Labute approximate surface area is 187 Å². The van der Waals surface area contributed by atoms with Crippen molar-refractivity contribution >= 4 is 58.7 Å². The van der Waals surface area contributed by atoms with Gasteiger partial charge in [0.2, 0.25) is 11.1 Å². The van der Waals surface area contributed by atoms with Gasteiger partial charge < -0.3 is 11.2 Å². The molecular formula is C19H19Cl2N7OS. The number of hydrogen-bond acceptors (Lipinski definition) is 7. The summed E-state index contributed by atoms with van der Waals surface area (Å²) in [6.07, 6.45) is 1.51. The van der Waals surface area contributed by atoms with E-state index >= 15 is 0 Å². The minimum atomic E-state index is -0.170. The van der Waals surface area contributed by atoms with Gasteiger partial charge in [0.15, 0.2) is 0 Å². The van der Waals surface area contributed by atoms with E-state index in [1.165, 1.54) is 16.5 Å². The van der Waals surface area contributed by atoms with Crippen LogP contribution in [0.2, 0.25) is 10.0 Å². The van der Waals surface area contributed by atoms with Crippen LogP contribution in [0.25, 0.3) is 0 Å². The van der Waals surface area contributed by atoms with Gasteiger partial charge in [-0.15, -0.1) is 10.2 Å². The van der Waals surface area contributed by atoms with Gasteiger partial charge >= 0.3 is 0 Å². The summed E-state index contributed by atoms with van der Waals surface area (Å²) in [6, 6.07) is 10.8. The normalized spacial score (nSPS) is 11.1. The number of rotatable bonds is 7. The summed E-state index contributed by atoms with van der Waals surface area (Å²) in [5.74, 6) is 6.14. The van der Waals surface area contributed by atoms with Gasteiger partial charge in [-0.25, -0.2) is 10.1 Å². The quantitative estimate of drug-likeness (QED) is 0.210. The Morgan fingerprint density at radius 1 is 1.20 bits per heavy atom. The van der Waals surface area contributed by atoms with Crippen molar-refractivity contribution in [2.75, 3.05) is 22.3 Å². The average Bonchev–Trinajstić information content (AvgIpc) is 3.04. The van der Waals surface area contributed by atoms with Gasteiger partial charge in [0.05, 0.1) is 17.0 Å². The lowest BCUT2D eigenvalue weighted by Gasteiger charge is -2.07. The van der Waals surface area contributed by atoms with Crippen LogP contribution in [0.4, 0.5) is 11.6 Å². The fourth-order valence-corrected chi connectivity index (χ4v) is 3.48. The number of amides is 1. The monoisotopic (exact) mass is 463 g/mol. The highest BCUT2D eigenvalue weighted by atomic mass is 35.5. The minimum absolute atomic E-state index is 0.131. The zero-order valence-corrected chi connectivity index (χ0v) is 18.5. The lowest BCUT2D eigenvalue weighted by atomic mass is 10.1. The average molecular weight is 464 g/mol. The van der Waals surface area contributed by atoms with E-state index in [2.05, 4.69) is 26.0 Å². The molecule has 0 radical (unpaired) electrons. The van der Waals surface area contributed by atoms with Gasteiger partial charge in [-0.1, -0.05) is 47.1 Å². The smallest absolute Gasteiger partial charge is 0.264 e. The molecular weight excluding hydrogens is 445 g/mol. The summed E-state index contributed by atoms with van der Waals surface area (Å²) in [5.41, 5.74) is 6.39. The summed E-state index contributed by atoms with van der Waals surface area (Å²) in [5, 5.41) is 16.2. The molecule has 1 amide bonds. The number of nitrogens with zero attached hydrogens (tertiary/aromatic N) is 4. The molecule has 0 aliphatic heterocycles. The maximum Gasteiger partial charge on any atom is 0.264 e. The Kier molecular flexibility index (Phi) is 7.20. The maximum absolute atomic E-state index is 12.2. The first-order valence-electron chi connectivity index (χ1n) is 8.78. The fraction of sp³-hybridized carbons (Fsp3) is 0.158. The first kappa shape index (κ1) is 21.9. The van der Waals surface area contributed by atoms with Gasteiger partial charge in [0, 0.05) is 16.3 Å². The Bertz CT molecular complexity index is 1100. The number of hydrogen-bond donors (Lipinski definition) is 3. The molecule has 1 heterocycles. The van der Waals surface area contributed by atoms with Crippen molar-refractivity contribution in [3.05, 3.63) is 63.1 Å². The van der Waals surface area contributed by atoms with Crippen molar-refractivity contribution in [3.8, 4) is 0 Å². The number of anilines is 2. The predicted molar refractivity (Wildman–Crippen MR) is 123 cm³/mol. The number of carbonyl (C=O) groups excluding carboxylic acids is 1. The van der Waals surface area contributed by atoms with Gasteiger partial charge in [-0.05, 0) is 49.2 Å². The van der Waals surface area contributed by atoms with Gasteiger partial charge in [-0.3, -0.25) is 4.79 Å². The van der Waals surface area contributed by atoms with Crippen molar-refractivity contribution in [1.82, 2.24) is 14.9 Å². The number of aryl methyl sites for hydroxylation is 2. The van der Waals surface area contributed by atoms with Gasteiger partial charge in [0.25, 0.3) is 5.95 Å². The summed E-state index contributed by atoms with van der Waals surface area (Å²) < 4.78 is 1.22. The third-order valence-corrected chi connectivity index (χ3v) is 5.62. The van der Waals surface area contributed by atoms with Crippen LogP contribution in [0, 0.1) is 13.8 Å². The van der Waals surface area contributed by atoms with Crippen molar-refractivity contribution in [2.45, 2.75) is 19.0 Å². The first-order chi connectivity index (χ1) is 14.3. The number of hydrazone groups is 1. The second-order valence-corrected chi connectivity index (χ2v) is 8.13. The lowest BCUT2D eigenvalue weighted by Crippen LogP contribution is -2.17. The zero-order chi connectivity index (χ0) is 21.7. The molecule has 156 valence electrons. The van der Waals surface area contributed by atoms with Crippen LogP contribution >= 0.6 is 35.0 Å². The SMILES string of the molecule is Cc1ccc(NC(=O)CSc2nnc(N/N=C/c3ccc(Cl)cc3Cl)n2N)cc1C. The Balaban J connectivity index is 1.55. The van der Waals surface area contributed by atoms with Crippen molar-refractivity contribution in [2.24, 2.45) is 5.10 Å². The lowest BCUT2D eigenvalue weighted by molar-refractivity contribution is -0.113. The van der Waals surface area contributed by atoms with Gasteiger partial charge in [-0.2, -0.15) is 5.10 Å². The first-order valence-corrected chi connectivity index (χ1v) is 10.5. The number of thioether (sulfide) groups is 1. The van der Waals surface area contributed by atoms with E-state index in [1.807, 2.05) is 32.0 Å². The number of halogens is 2. The molecule has 2 aromatic carbocycles. The number of nitrogens with one attached hydrogen (secondary N) is 2. The maximum atomic E-state index is 12.2. The fourth-order valence-electron chi connectivity index (χ4n) is 2.36.